The summed E-state index contributed by atoms with van der Waals surface area (Å²) in [4.78, 5) is 26.5. The van der Waals surface area contributed by atoms with Gasteiger partial charge in [0.1, 0.15) is 5.69 Å². The molecule has 2 aromatic carbocycles. The maximum Gasteiger partial charge on any atom is 0.295 e. The van der Waals surface area contributed by atoms with Crippen molar-refractivity contribution >= 4 is 23.4 Å². The molecule has 134 valence electrons. The molecule has 1 N–H and O–H groups in total. The number of rotatable bonds is 5. The largest absolute Gasteiger partial charge is 0.319 e. The molecular weight excluding hydrogens is 346 g/mol. The van der Waals surface area contributed by atoms with Crippen LogP contribution in [-0.2, 0) is 11.8 Å². The quantitative estimate of drug-likeness (QED) is 0.701. The molecule has 0 unspecified atom stereocenters. The highest BCUT2D eigenvalue weighted by molar-refractivity contribution is 8.00. The van der Waals surface area contributed by atoms with E-state index in [2.05, 4.69) is 5.32 Å². The van der Waals surface area contributed by atoms with Crippen molar-refractivity contribution in [2.45, 2.75) is 24.0 Å². The number of carbonyl (C=O) groups excluding carboxylic acids is 1. The van der Waals surface area contributed by atoms with Crippen molar-refractivity contribution in [2.75, 3.05) is 5.32 Å². The number of nitrogens with zero attached hydrogens (tertiary/aromatic N) is 2. The number of nitrogens with one attached hydrogen (secondary N) is 1. The number of benzene rings is 2. The summed E-state index contributed by atoms with van der Waals surface area (Å²) in [5.74, 6) is -0.190. The number of thioether (sulfide) groups is 1. The fourth-order valence-electron chi connectivity index (χ4n) is 2.69. The summed E-state index contributed by atoms with van der Waals surface area (Å²) in [5.41, 5.74) is 1.56. The minimum atomic E-state index is -0.318. The van der Waals surface area contributed by atoms with Crippen LogP contribution in [0.1, 0.15) is 12.6 Å². The zero-order valence-corrected chi connectivity index (χ0v) is 15.8. The van der Waals surface area contributed by atoms with Gasteiger partial charge in [-0.3, -0.25) is 14.3 Å². The van der Waals surface area contributed by atoms with E-state index in [9.17, 15) is 9.59 Å². The van der Waals surface area contributed by atoms with Crippen LogP contribution in [0.15, 0.2) is 70.4 Å². The van der Waals surface area contributed by atoms with Crippen LogP contribution in [-0.4, -0.2) is 20.5 Å². The summed E-state index contributed by atoms with van der Waals surface area (Å²) in [5, 5.41) is 2.50. The van der Waals surface area contributed by atoms with Gasteiger partial charge in [-0.05, 0) is 38.1 Å². The van der Waals surface area contributed by atoms with Gasteiger partial charge in [-0.2, -0.15) is 0 Å². The molecule has 0 bridgehead atoms. The van der Waals surface area contributed by atoms with Crippen LogP contribution in [0.4, 0.5) is 5.69 Å². The molecular formula is C20H21N3O2S. The summed E-state index contributed by atoms with van der Waals surface area (Å²) in [6.07, 6.45) is 0. The Morgan fingerprint density at radius 2 is 1.62 bits per heavy atom. The summed E-state index contributed by atoms with van der Waals surface area (Å²) in [7, 11) is 1.81. The molecule has 0 saturated heterocycles. The number of hydrogen-bond acceptors (Lipinski definition) is 3. The molecule has 0 aliphatic heterocycles. The van der Waals surface area contributed by atoms with Crippen molar-refractivity contribution in [3.05, 3.63) is 76.7 Å². The van der Waals surface area contributed by atoms with E-state index in [1.165, 1.54) is 11.8 Å². The van der Waals surface area contributed by atoms with E-state index in [1.807, 2.05) is 81.6 Å². The maximum absolute atomic E-state index is 12.8. The van der Waals surface area contributed by atoms with Gasteiger partial charge in [0.05, 0.1) is 16.6 Å². The molecule has 0 saturated carbocycles. The Morgan fingerprint density at radius 3 is 2.23 bits per heavy atom. The average molecular weight is 367 g/mol. The number of hydrogen-bond donors (Lipinski definition) is 1. The zero-order chi connectivity index (χ0) is 18.7. The van der Waals surface area contributed by atoms with E-state index in [0.717, 1.165) is 10.6 Å². The van der Waals surface area contributed by atoms with Gasteiger partial charge >= 0.3 is 0 Å². The Hall–Kier alpha value is -2.73. The van der Waals surface area contributed by atoms with Crippen LogP contribution in [0.2, 0.25) is 0 Å². The lowest BCUT2D eigenvalue weighted by atomic mass is 10.3. The fourth-order valence-corrected chi connectivity index (χ4v) is 3.58. The van der Waals surface area contributed by atoms with Crippen LogP contribution >= 0.6 is 11.8 Å². The molecule has 1 amide bonds. The van der Waals surface area contributed by atoms with E-state index in [0.29, 0.717) is 11.4 Å². The molecule has 1 aromatic heterocycles. The average Bonchev–Trinajstić information content (AvgIpc) is 2.86. The Morgan fingerprint density at radius 1 is 1.04 bits per heavy atom. The highest BCUT2D eigenvalue weighted by Gasteiger charge is 2.21. The van der Waals surface area contributed by atoms with Crippen molar-refractivity contribution in [2.24, 2.45) is 7.05 Å². The Balaban J connectivity index is 1.84. The third-order valence-corrected chi connectivity index (χ3v) is 5.34. The Bertz CT molecular complexity index is 962. The third kappa shape index (κ3) is 3.60. The van der Waals surface area contributed by atoms with Crippen LogP contribution in [0, 0.1) is 6.92 Å². The van der Waals surface area contributed by atoms with E-state index < -0.39 is 0 Å². The third-order valence-electron chi connectivity index (χ3n) is 4.23. The van der Waals surface area contributed by atoms with Crippen molar-refractivity contribution in [1.29, 1.82) is 0 Å². The molecule has 0 radical (unpaired) electrons. The topological polar surface area (TPSA) is 56.0 Å². The summed E-state index contributed by atoms with van der Waals surface area (Å²) in [6, 6.07) is 19.1. The second-order valence-electron chi connectivity index (χ2n) is 6.00. The van der Waals surface area contributed by atoms with Crippen LogP contribution in [0.25, 0.3) is 5.69 Å². The van der Waals surface area contributed by atoms with Gasteiger partial charge in [-0.25, -0.2) is 4.68 Å². The van der Waals surface area contributed by atoms with Crippen molar-refractivity contribution in [1.82, 2.24) is 9.36 Å². The second kappa shape index (κ2) is 7.66. The summed E-state index contributed by atoms with van der Waals surface area (Å²) >= 11 is 1.46. The van der Waals surface area contributed by atoms with Crippen molar-refractivity contribution in [3.8, 4) is 5.69 Å². The summed E-state index contributed by atoms with van der Waals surface area (Å²) < 4.78 is 3.31. The molecule has 1 atom stereocenters. The Kier molecular flexibility index (Phi) is 5.32. The highest BCUT2D eigenvalue weighted by atomic mass is 32.2. The van der Waals surface area contributed by atoms with E-state index in [1.54, 1.807) is 9.36 Å². The fraction of sp³-hybridized carbons (Fsp3) is 0.200. The van der Waals surface area contributed by atoms with E-state index in [4.69, 9.17) is 0 Å². The van der Waals surface area contributed by atoms with Crippen LogP contribution in [0.3, 0.4) is 0 Å². The van der Waals surface area contributed by atoms with Crippen molar-refractivity contribution in [3.63, 3.8) is 0 Å². The minimum absolute atomic E-state index is 0.190. The van der Waals surface area contributed by atoms with Gasteiger partial charge in [0.15, 0.2) is 0 Å². The van der Waals surface area contributed by atoms with Crippen LogP contribution < -0.4 is 10.9 Å². The number of anilines is 1. The lowest BCUT2D eigenvalue weighted by molar-refractivity contribution is -0.115. The molecule has 0 aliphatic carbocycles. The van der Waals surface area contributed by atoms with E-state index >= 15 is 0 Å². The Labute approximate surface area is 156 Å². The first-order chi connectivity index (χ1) is 12.5. The molecule has 26 heavy (non-hydrogen) atoms. The van der Waals surface area contributed by atoms with Gasteiger partial charge in [0, 0.05) is 11.9 Å². The van der Waals surface area contributed by atoms with Gasteiger partial charge in [-0.1, -0.05) is 36.4 Å². The molecule has 0 aliphatic rings. The first-order valence-corrected chi connectivity index (χ1v) is 9.23. The SMILES string of the molecule is Cc1c(NC(=O)[C@H](C)Sc2ccccc2)c(=O)n(-c2ccccc2)n1C. The molecule has 3 rings (SSSR count). The monoisotopic (exact) mass is 367 g/mol. The zero-order valence-electron chi connectivity index (χ0n) is 15.0. The smallest absolute Gasteiger partial charge is 0.295 e. The predicted molar refractivity (Wildman–Crippen MR) is 106 cm³/mol. The normalized spacial score (nSPS) is 12.0. The number of para-hydroxylation sites is 1. The predicted octanol–water partition coefficient (Wildman–Crippen LogP) is 3.60. The number of carbonyl (C=O) groups is 1. The molecule has 5 nitrogen and oxygen atoms in total. The van der Waals surface area contributed by atoms with E-state index in [-0.39, 0.29) is 16.7 Å². The summed E-state index contributed by atoms with van der Waals surface area (Å²) in [6.45, 7) is 3.66. The van der Waals surface area contributed by atoms with Gasteiger partial charge in [0.25, 0.3) is 5.56 Å². The molecule has 1 heterocycles. The molecule has 0 fully saturated rings. The van der Waals surface area contributed by atoms with Gasteiger partial charge in [0.2, 0.25) is 5.91 Å². The number of amides is 1. The standard InChI is InChI=1S/C20H21N3O2S/c1-14-18(20(25)23(22(14)3)16-10-6-4-7-11-16)21-19(24)15(2)26-17-12-8-5-9-13-17/h4-13,15H,1-3H3,(H,21,24)/t15-/m0/s1. The molecule has 3 aromatic rings. The van der Waals surface area contributed by atoms with Gasteiger partial charge in [-0.15, -0.1) is 11.8 Å². The lowest BCUT2D eigenvalue weighted by Crippen LogP contribution is -2.27. The first-order valence-electron chi connectivity index (χ1n) is 8.35. The highest BCUT2D eigenvalue weighted by Crippen LogP contribution is 2.24. The first kappa shape index (κ1) is 18.1. The molecule has 6 heteroatoms. The maximum atomic E-state index is 12.8. The second-order valence-corrected chi connectivity index (χ2v) is 7.41. The van der Waals surface area contributed by atoms with Crippen LogP contribution in [0.5, 0.6) is 0 Å². The lowest BCUT2D eigenvalue weighted by Gasteiger charge is -2.11. The molecule has 0 spiro atoms. The van der Waals surface area contributed by atoms with Crippen molar-refractivity contribution < 1.29 is 4.79 Å². The minimum Gasteiger partial charge on any atom is -0.319 e. The number of aromatic nitrogens is 2. The van der Waals surface area contributed by atoms with Gasteiger partial charge < -0.3 is 5.32 Å².